The molecule has 0 amide bonds. The Morgan fingerprint density at radius 1 is 1.30 bits per heavy atom. The van der Waals surface area contributed by atoms with E-state index in [0.717, 1.165) is 4.31 Å². The number of nitrogens with two attached hydrogens (primary N) is 1. The first-order valence-electron chi connectivity index (χ1n) is 6.83. The van der Waals surface area contributed by atoms with Crippen molar-refractivity contribution >= 4 is 15.7 Å². The second-order valence-electron chi connectivity index (χ2n) is 5.16. The first kappa shape index (κ1) is 16.9. The van der Waals surface area contributed by atoms with E-state index in [4.69, 9.17) is 5.73 Å². The van der Waals surface area contributed by atoms with Crippen molar-refractivity contribution in [1.29, 1.82) is 0 Å². The number of rotatable bonds is 8. The molecule has 0 aliphatic carbocycles. The van der Waals surface area contributed by atoms with Crippen LogP contribution in [0.4, 0.5) is 10.1 Å². The summed E-state index contributed by atoms with van der Waals surface area (Å²) in [4.78, 5) is 0. The zero-order valence-corrected chi connectivity index (χ0v) is 12.9. The molecule has 0 aliphatic rings. The smallest absolute Gasteiger partial charge is 0.235 e. The maximum atomic E-state index is 13.9. The van der Waals surface area contributed by atoms with Crippen LogP contribution in [0.25, 0.3) is 0 Å². The molecule has 1 aromatic rings. The number of anilines is 1. The van der Waals surface area contributed by atoms with Gasteiger partial charge in [-0.2, -0.15) is 0 Å². The van der Waals surface area contributed by atoms with Gasteiger partial charge in [0.25, 0.3) is 0 Å². The average Bonchev–Trinajstić information content (AvgIpc) is 2.39. The lowest BCUT2D eigenvalue weighted by atomic mass is 10.2. The lowest BCUT2D eigenvalue weighted by Gasteiger charge is -2.25. The third-order valence-corrected chi connectivity index (χ3v) is 4.78. The van der Waals surface area contributed by atoms with E-state index in [1.165, 1.54) is 12.1 Å². The lowest BCUT2D eigenvalue weighted by Crippen LogP contribution is -2.35. The van der Waals surface area contributed by atoms with Gasteiger partial charge in [-0.15, -0.1) is 0 Å². The van der Waals surface area contributed by atoms with Crippen molar-refractivity contribution in [3.63, 3.8) is 0 Å². The Hall–Kier alpha value is -1.14. The molecule has 114 valence electrons. The fraction of sp³-hybridized carbons (Fsp3) is 0.571. The van der Waals surface area contributed by atoms with Crippen molar-refractivity contribution in [2.75, 3.05) is 23.1 Å². The molecule has 0 aromatic heterocycles. The molecular formula is C14H23FN2O2S. The van der Waals surface area contributed by atoms with Gasteiger partial charge in [-0.3, -0.25) is 4.31 Å². The summed E-state index contributed by atoms with van der Waals surface area (Å²) in [5.74, 6) is -0.233. The Kier molecular flexibility index (Phi) is 6.42. The van der Waals surface area contributed by atoms with Crippen LogP contribution in [0.3, 0.4) is 0 Å². The van der Waals surface area contributed by atoms with Crippen LogP contribution in [0.2, 0.25) is 0 Å². The quantitative estimate of drug-likeness (QED) is 0.802. The summed E-state index contributed by atoms with van der Waals surface area (Å²) in [6.07, 6.45) is 1.05. The number of benzene rings is 1. The maximum Gasteiger partial charge on any atom is 0.235 e. The van der Waals surface area contributed by atoms with Gasteiger partial charge in [0.2, 0.25) is 10.0 Å². The molecule has 1 rings (SSSR count). The Bertz CT molecular complexity index is 518. The van der Waals surface area contributed by atoms with Crippen LogP contribution < -0.4 is 10.0 Å². The fourth-order valence-electron chi connectivity index (χ4n) is 1.79. The SMILES string of the molecule is CC(C)CCS(=O)(=O)N(CCCN)c1ccccc1F. The lowest BCUT2D eigenvalue weighted by molar-refractivity contribution is 0.565. The number of hydrogen-bond donors (Lipinski definition) is 1. The van der Waals surface area contributed by atoms with Crippen molar-refractivity contribution in [2.24, 2.45) is 11.7 Å². The summed E-state index contributed by atoms with van der Waals surface area (Å²) >= 11 is 0. The summed E-state index contributed by atoms with van der Waals surface area (Å²) in [5.41, 5.74) is 5.54. The minimum absolute atomic E-state index is 0.0174. The first-order chi connectivity index (χ1) is 9.38. The molecule has 1 aromatic carbocycles. The van der Waals surface area contributed by atoms with Crippen LogP contribution in [0.5, 0.6) is 0 Å². The molecular weight excluding hydrogens is 279 g/mol. The largest absolute Gasteiger partial charge is 0.330 e. The molecule has 2 N–H and O–H groups in total. The highest BCUT2D eigenvalue weighted by Crippen LogP contribution is 2.23. The standard InChI is InChI=1S/C14H23FN2O2S/c1-12(2)8-11-20(18,19)17(10-5-9-16)14-7-4-3-6-13(14)15/h3-4,6-7,12H,5,8-11,16H2,1-2H3. The molecule has 20 heavy (non-hydrogen) atoms. The molecule has 0 atom stereocenters. The van der Waals surface area contributed by atoms with Gasteiger partial charge in [0.05, 0.1) is 11.4 Å². The molecule has 0 radical (unpaired) electrons. The van der Waals surface area contributed by atoms with Crippen LogP contribution >= 0.6 is 0 Å². The predicted molar refractivity (Wildman–Crippen MR) is 80.7 cm³/mol. The van der Waals surface area contributed by atoms with Gasteiger partial charge in [-0.25, -0.2) is 12.8 Å². The molecule has 0 bridgehead atoms. The highest BCUT2D eigenvalue weighted by atomic mass is 32.2. The molecule has 0 fully saturated rings. The van der Waals surface area contributed by atoms with Gasteiger partial charge in [0, 0.05) is 6.54 Å². The van der Waals surface area contributed by atoms with E-state index in [-0.39, 0.29) is 23.9 Å². The Labute approximate surface area is 120 Å². The molecule has 0 heterocycles. The third-order valence-electron chi connectivity index (χ3n) is 2.98. The van der Waals surface area contributed by atoms with Crippen LogP contribution in [0.1, 0.15) is 26.7 Å². The topological polar surface area (TPSA) is 63.4 Å². The van der Waals surface area contributed by atoms with Gasteiger partial charge in [-0.05, 0) is 37.4 Å². The van der Waals surface area contributed by atoms with E-state index in [9.17, 15) is 12.8 Å². The summed E-state index contributed by atoms with van der Waals surface area (Å²) in [7, 11) is -3.53. The molecule has 0 aliphatic heterocycles. The number of nitrogens with zero attached hydrogens (tertiary/aromatic N) is 1. The molecule has 0 saturated carbocycles. The summed E-state index contributed by atoms with van der Waals surface area (Å²) in [5, 5.41) is 0. The highest BCUT2D eigenvalue weighted by molar-refractivity contribution is 7.92. The van der Waals surface area contributed by atoms with E-state index >= 15 is 0 Å². The van der Waals surface area contributed by atoms with Crippen molar-refractivity contribution in [2.45, 2.75) is 26.7 Å². The van der Waals surface area contributed by atoms with Crippen molar-refractivity contribution < 1.29 is 12.8 Å². The van der Waals surface area contributed by atoms with Gasteiger partial charge in [-0.1, -0.05) is 26.0 Å². The predicted octanol–water partition coefficient (Wildman–Crippen LogP) is 2.36. The fourth-order valence-corrected chi connectivity index (χ4v) is 3.64. The monoisotopic (exact) mass is 302 g/mol. The molecule has 0 unspecified atom stereocenters. The van der Waals surface area contributed by atoms with Gasteiger partial charge in [0.15, 0.2) is 0 Å². The molecule has 0 spiro atoms. The zero-order valence-electron chi connectivity index (χ0n) is 12.0. The normalized spacial score (nSPS) is 11.8. The van der Waals surface area contributed by atoms with E-state index in [1.54, 1.807) is 12.1 Å². The number of para-hydroxylation sites is 1. The van der Waals surface area contributed by atoms with Gasteiger partial charge < -0.3 is 5.73 Å². The van der Waals surface area contributed by atoms with Gasteiger partial charge in [0.1, 0.15) is 5.82 Å². The van der Waals surface area contributed by atoms with Crippen LogP contribution in [-0.4, -0.2) is 27.3 Å². The Balaban J connectivity index is 3.03. The second-order valence-corrected chi connectivity index (χ2v) is 7.18. The van der Waals surface area contributed by atoms with Gasteiger partial charge >= 0.3 is 0 Å². The Morgan fingerprint density at radius 2 is 1.95 bits per heavy atom. The van der Waals surface area contributed by atoms with Crippen LogP contribution in [0, 0.1) is 11.7 Å². The highest BCUT2D eigenvalue weighted by Gasteiger charge is 2.24. The second kappa shape index (κ2) is 7.59. The zero-order chi connectivity index (χ0) is 15.2. The van der Waals surface area contributed by atoms with E-state index < -0.39 is 15.8 Å². The number of halogens is 1. The average molecular weight is 302 g/mol. The van der Waals surface area contributed by atoms with Crippen molar-refractivity contribution in [1.82, 2.24) is 0 Å². The van der Waals surface area contributed by atoms with Crippen LogP contribution in [-0.2, 0) is 10.0 Å². The summed E-state index contributed by atoms with van der Waals surface area (Å²) in [6.45, 7) is 4.49. The number of hydrogen-bond acceptors (Lipinski definition) is 3. The van der Waals surface area contributed by atoms with Crippen molar-refractivity contribution in [3.8, 4) is 0 Å². The molecule has 0 saturated heterocycles. The van der Waals surface area contributed by atoms with Crippen LogP contribution in [0.15, 0.2) is 24.3 Å². The van der Waals surface area contributed by atoms with E-state index in [0.29, 0.717) is 19.4 Å². The van der Waals surface area contributed by atoms with E-state index in [2.05, 4.69) is 0 Å². The minimum Gasteiger partial charge on any atom is -0.330 e. The molecule has 4 nitrogen and oxygen atoms in total. The number of sulfonamides is 1. The summed E-state index contributed by atoms with van der Waals surface area (Å²) in [6, 6.07) is 5.92. The first-order valence-corrected chi connectivity index (χ1v) is 8.44. The summed E-state index contributed by atoms with van der Waals surface area (Å²) < 4.78 is 39.8. The third kappa shape index (κ3) is 4.76. The van der Waals surface area contributed by atoms with E-state index in [1.807, 2.05) is 13.8 Å². The Morgan fingerprint density at radius 3 is 2.50 bits per heavy atom. The minimum atomic E-state index is -3.53. The molecule has 6 heteroatoms. The maximum absolute atomic E-state index is 13.9. The van der Waals surface area contributed by atoms with Crippen molar-refractivity contribution in [3.05, 3.63) is 30.1 Å².